The van der Waals surface area contributed by atoms with E-state index in [0.717, 1.165) is 0 Å². The average Bonchev–Trinajstić information content (AvgIpc) is 2.90. The van der Waals surface area contributed by atoms with E-state index in [9.17, 15) is 44.7 Å². The maximum absolute atomic E-state index is 15.0. The minimum absolute atomic E-state index is 0.0979. The Hall–Kier alpha value is -5.14. The molecule has 14 heteroatoms. The zero-order valence-electron chi connectivity index (χ0n) is 20.9. The van der Waals surface area contributed by atoms with Gasteiger partial charge in [0.2, 0.25) is 0 Å². The van der Waals surface area contributed by atoms with Gasteiger partial charge < -0.3 is 22.1 Å². The molecule has 0 heterocycles. The highest BCUT2D eigenvalue weighted by Crippen LogP contribution is 2.45. The lowest BCUT2D eigenvalue weighted by Gasteiger charge is -2.20. The first-order chi connectivity index (χ1) is 19.5. The van der Waals surface area contributed by atoms with Crippen LogP contribution < -0.4 is 22.1 Å². The van der Waals surface area contributed by atoms with E-state index in [0.29, 0.717) is 0 Å². The van der Waals surface area contributed by atoms with E-state index in [2.05, 4.69) is 0 Å². The van der Waals surface area contributed by atoms with Crippen molar-refractivity contribution in [1.82, 2.24) is 0 Å². The summed E-state index contributed by atoms with van der Waals surface area (Å²) in [7, 11) is 0. The summed E-state index contributed by atoms with van der Waals surface area (Å²) in [6, 6.07) is 10.5. The second-order valence-corrected chi connectivity index (χ2v) is 8.90. The first-order valence-corrected chi connectivity index (χ1v) is 11.7. The van der Waals surface area contributed by atoms with Gasteiger partial charge in [0, 0.05) is 22.5 Å². The predicted molar refractivity (Wildman–Crippen MR) is 139 cm³/mol. The number of nitrogens with one attached hydrogen (secondary N) is 2. The van der Waals surface area contributed by atoms with Gasteiger partial charge in [-0.15, -0.1) is 0 Å². The highest BCUT2D eigenvalue weighted by atomic mass is 19.4. The van der Waals surface area contributed by atoms with Gasteiger partial charge in [-0.25, -0.2) is 8.78 Å². The van der Waals surface area contributed by atoms with Crippen molar-refractivity contribution in [3.8, 4) is 11.1 Å². The molecule has 0 spiro atoms. The lowest BCUT2D eigenvalue weighted by Crippen LogP contribution is -2.17. The molecule has 218 valence electrons. The minimum atomic E-state index is -5.37. The van der Waals surface area contributed by atoms with Gasteiger partial charge in [-0.2, -0.15) is 26.3 Å². The summed E-state index contributed by atoms with van der Waals surface area (Å²) in [4.78, 5) is 24.9. The Kier molecular flexibility index (Phi) is 7.83. The predicted octanol–water partition coefficient (Wildman–Crippen LogP) is 7.34. The second kappa shape index (κ2) is 11.0. The van der Waals surface area contributed by atoms with Crippen LogP contribution in [0.4, 0.5) is 57.9 Å². The van der Waals surface area contributed by atoms with Gasteiger partial charge in [-0.1, -0.05) is 0 Å². The zero-order chi connectivity index (χ0) is 31.0. The summed E-state index contributed by atoms with van der Waals surface area (Å²) < 4.78 is 114. The largest absolute Gasteiger partial charge is 0.417 e. The molecule has 0 aliphatic rings. The number of rotatable bonds is 5. The minimum Gasteiger partial charge on any atom is -0.399 e. The Morgan fingerprint density at radius 1 is 0.548 bits per heavy atom. The summed E-state index contributed by atoms with van der Waals surface area (Å²) in [6.45, 7) is 0. The van der Waals surface area contributed by atoms with Crippen LogP contribution in [0, 0.1) is 11.6 Å². The van der Waals surface area contributed by atoms with Crippen molar-refractivity contribution in [2.75, 3.05) is 22.1 Å². The van der Waals surface area contributed by atoms with Crippen molar-refractivity contribution in [2.24, 2.45) is 0 Å². The first-order valence-electron chi connectivity index (χ1n) is 11.7. The Bertz CT molecular complexity index is 1540. The fourth-order valence-corrected chi connectivity index (χ4v) is 3.91. The summed E-state index contributed by atoms with van der Waals surface area (Å²) >= 11 is 0. The summed E-state index contributed by atoms with van der Waals surface area (Å²) in [6.07, 6.45) is -10.7. The van der Waals surface area contributed by atoms with Crippen LogP contribution in [0.1, 0.15) is 31.8 Å². The molecule has 6 nitrogen and oxygen atoms in total. The first kappa shape index (κ1) is 29.8. The average molecular weight is 594 g/mol. The molecule has 0 aliphatic heterocycles. The number of alkyl halides is 6. The van der Waals surface area contributed by atoms with Crippen LogP contribution in [-0.4, -0.2) is 11.8 Å². The number of hydrogen-bond acceptors (Lipinski definition) is 4. The smallest absolute Gasteiger partial charge is 0.399 e. The van der Waals surface area contributed by atoms with Crippen molar-refractivity contribution < 1.29 is 44.7 Å². The third kappa shape index (κ3) is 6.43. The maximum atomic E-state index is 15.0. The van der Waals surface area contributed by atoms with Gasteiger partial charge >= 0.3 is 12.4 Å². The number of carbonyl (C=O) groups excluding carboxylic acids is 2. The van der Waals surface area contributed by atoms with E-state index in [-0.39, 0.29) is 46.8 Å². The maximum Gasteiger partial charge on any atom is 0.417 e. The zero-order valence-corrected chi connectivity index (χ0v) is 20.9. The van der Waals surface area contributed by atoms with E-state index in [1.165, 1.54) is 48.5 Å². The number of hydrogen-bond donors (Lipinski definition) is 4. The normalized spacial score (nSPS) is 11.7. The molecule has 0 saturated carbocycles. The summed E-state index contributed by atoms with van der Waals surface area (Å²) in [5.74, 6) is -5.12. The highest BCUT2D eigenvalue weighted by Gasteiger charge is 2.40. The quantitative estimate of drug-likeness (QED) is 0.143. The van der Waals surface area contributed by atoms with Crippen LogP contribution in [0.25, 0.3) is 11.1 Å². The molecule has 4 aromatic rings. The van der Waals surface area contributed by atoms with Gasteiger partial charge in [0.25, 0.3) is 11.8 Å². The van der Waals surface area contributed by atoms with E-state index in [4.69, 9.17) is 11.5 Å². The molecule has 0 unspecified atom stereocenters. The van der Waals surface area contributed by atoms with Crippen LogP contribution in [0.5, 0.6) is 0 Å². The number of anilines is 4. The Balaban J connectivity index is 1.80. The molecule has 4 rings (SSSR count). The number of carbonyl (C=O) groups is 2. The molecule has 0 atom stereocenters. The Morgan fingerprint density at radius 3 is 1.14 bits per heavy atom. The number of benzene rings is 4. The molecular weight excluding hydrogens is 576 g/mol. The topological polar surface area (TPSA) is 110 Å². The van der Waals surface area contributed by atoms with Crippen molar-refractivity contribution in [2.45, 2.75) is 12.4 Å². The number of halogens is 8. The molecule has 2 amide bonds. The van der Waals surface area contributed by atoms with Crippen LogP contribution in [-0.2, 0) is 12.4 Å². The monoisotopic (exact) mass is 594 g/mol. The van der Waals surface area contributed by atoms with Gasteiger partial charge in [-0.3, -0.25) is 9.59 Å². The van der Waals surface area contributed by atoms with Crippen LogP contribution in [0.15, 0.2) is 72.8 Å². The summed E-state index contributed by atoms with van der Waals surface area (Å²) in [5, 5.41) is 3.87. The standard InChI is InChI=1S/C28H18F8N4O2/c29-21-9-17(19(27(31,32)33)11-23(21)39-25(41)13-1-5-15(37)6-2-13)18-10-22(30)24(12-20(18)28(34,35)36)40-26(42)14-3-7-16(38)8-4-14/h1-12H,37-38H2,(H,39,41)(H,40,42). The molecule has 0 aliphatic carbocycles. The fraction of sp³-hybridized carbons (Fsp3) is 0.0714. The molecule has 42 heavy (non-hydrogen) atoms. The Labute approximate surface area is 231 Å². The van der Waals surface area contributed by atoms with Crippen molar-refractivity contribution in [1.29, 1.82) is 0 Å². The lowest BCUT2D eigenvalue weighted by atomic mass is 9.93. The lowest BCUT2D eigenvalue weighted by molar-refractivity contribution is -0.139. The molecule has 0 saturated heterocycles. The fourth-order valence-electron chi connectivity index (χ4n) is 3.91. The number of nitrogen functional groups attached to an aromatic ring is 2. The molecule has 0 radical (unpaired) electrons. The van der Waals surface area contributed by atoms with E-state index in [1.807, 2.05) is 10.6 Å². The van der Waals surface area contributed by atoms with Crippen molar-refractivity contribution in [3.05, 3.63) is 107 Å². The third-order valence-electron chi connectivity index (χ3n) is 5.96. The molecule has 4 aromatic carbocycles. The molecular formula is C28H18F8N4O2. The number of nitrogens with two attached hydrogens (primary N) is 2. The van der Waals surface area contributed by atoms with Gasteiger partial charge in [0.05, 0.1) is 22.5 Å². The summed E-state index contributed by atoms with van der Waals surface area (Å²) in [5.41, 5.74) is 3.09. The Morgan fingerprint density at radius 2 is 0.857 bits per heavy atom. The molecule has 0 aromatic heterocycles. The van der Waals surface area contributed by atoms with E-state index in [1.54, 1.807) is 0 Å². The van der Waals surface area contributed by atoms with Crippen LogP contribution in [0.3, 0.4) is 0 Å². The highest BCUT2D eigenvalue weighted by molar-refractivity contribution is 6.05. The molecule has 0 bridgehead atoms. The van der Waals surface area contributed by atoms with E-state index < -0.39 is 69.4 Å². The van der Waals surface area contributed by atoms with Crippen molar-refractivity contribution >= 4 is 34.6 Å². The molecule has 6 N–H and O–H groups in total. The van der Waals surface area contributed by atoms with Crippen molar-refractivity contribution in [3.63, 3.8) is 0 Å². The van der Waals surface area contributed by atoms with Crippen LogP contribution >= 0.6 is 0 Å². The van der Waals surface area contributed by atoms with Crippen LogP contribution in [0.2, 0.25) is 0 Å². The second-order valence-electron chi connectivity index (χ2n) is 8.90. The third-order valence-corrected chi connectivity index (χ3v) is 5.96. The van der Waals surface area contributed by atoms with Gasteiger partial charge in [-0.05, 0) is 83.9 Å². The van der Waals surface area contributed by atoms with Gasteiger partial charge in [0.1, 0.15) is 11.6 Å². The SMILES string of the molecule is Nc1ccc(C(=O)Nc2cc(C(F)(F)F)c(-c3cc(F)c(NC(=O)c4ccc(N)cc4)cc3C(F)(F)F)cc2F)cc1. The van der Waals surface area contributed by atoms with E-state index >= 15 is 0 Å². The number of amides is 2. The van der Waals surface area contributed by atoms with Gasteiger partial charge in [0.15, 0.2) is 0 Å². The molecule has 0 fully saturated rings.